The van der Waals surface area contributed by atoms with Gasteiger partial charge in [-0.1, -0.05) is 0 Å². The van der Waals surface area contributed by atoms with Gasteiger partial charge in [0.15, 0.2) is 0 Å². The number of benzene rings is 1. The van der Waals surface area contributed by atoms with Crippen molar-refractivity contribution >= 4 is 5.91 Å². The van der Waals surface area contributed by atoms with E-state index in [4.69, 9.17) is 9.15 Å². The average Bonchev–Trinajstić information content (AvgIpc) is 3.02. The summed E-state index contributed by atoms with van der Waals surface area (Å²) in [5.74, 6) is -0.664. The van der Waals surface area contributed by atoms with Crippen LogP contribution >= 0.6 is 0 Å². The van der Waals surface area contributed by atoms with Crippen LogP contribution in [0.25, 0.3) is 0 Å². The number of halogens is 2. The molecule has 1 aliphatic heterocycles. The Labute approximate surface area is 144 Å². The summed E-state index contributed by atoms with van der Waals surface area (Å²) in [6.45, 7) is 4.75. The molecule has 2 heterocycles. The minimum Gasteiger partial charge on any atom is -0.465 e. The predicted octanol–water partition coefficient (Wildman–Crippen LogP) is 2.67. The Morgan fingerprint density at radius 2 is 2.00 bits per heavy atom. The summed E-state index contributed by atoms with van der Waals surface area (Å²) in [6, 6.07) is 6.47. The number of rotatable bonds is 5. The summed E-state index contributed by atoms with van der Waals surface area (Å²) < 4.78 is 37.8. The summed E-state index contributed by atoms with van der Waals surface area (Å²) >= 11 is 0. The van der Waals surface area contributed by atoms with Gasteiger partial charge in [-0.25, -0.2) is 8.78 Å². The second kappa shape index (κ2) is 7.76. The lowest BCUT2D eigenvalue weighted by atomic mass is 10.1. The van der Waals surface area contributed by atoms with Crippen molar-refractivity contribution in [1.82, 2.24) is 10.2 Å². The van der Waals surface area contributed by atoms with Crippen molar-refractivity contribution in [3.63, 3.8) is 0 Å². The van der Waals surface area contributed by atoms with Gasteiger partial charge in [-0.05, 0) is 31.2 Å². The SMILES string of the molecule is Cc1ccc(C(CNC(=O)c2ccc(F)cc2F)N2CCOCC2)o1. The highest BCUT2D eigenvalue weighted by Crippen LogP contribution is 2.23. The van der Waals surface area contributed by atoms with Crippen LogP contribution in [-0.4, -0.2) is 43.7 Å². The van der Waals surface area contributed by atoms with Gasteiger partial charge in [0.05, 0.1) is 24.8 Å². The topological polar surface area (TPSA) is 54.7 Å². The van der Waals surface area contributed by atoms with Crippen LogP contribution in [0.1, 0.15) is 27.9 Å². The first-order valence-electron chi connectivity index (χ1n) is 8.16. The van der Waals surface area contributed by atoms with Crippen molar-refractivity contribution in [2.24, 2.45) is 0 Å². The van der Waals surface area contributed by atoms with Crippen molar-refractivity contribution in [2.75, 3.05) is 32.8 Å². The van der Waals surface area contributed by atoms with Gasteiger partial charge in [0.1, 0.15) is 23.2 Å². The molecule has 0 bridgehead atoms. The summed E-state index contributed by atoms with van der Waals surface area (Å²) in [5, 5.41) is 2.72. The Morgan fingerprint density at radius 3 is 2.64 bits per heavy atom. The van der Waals surface area contributed by atoms with E-state index in [1.807, 2.05) is 19.1 Å². The van der Waals surface area contributed by atoms with Gasteiger partial charge in [0, 0.05) is 25.7 Å². The molecule has 134 valence electrons. The molecule has 3 rings (SSSR count). The number of nitrogens with one attached hydrogen (secondary N) is 1. The molecule has 1 atom stereocenters. The van der Waals surface area contributed by atoms with Crippen LogP contribution in [0, 0.1) is 18.6 Å². The minimum absolute atomic E-state index is 0.176. The van der Waals surface area contributed by atoms with Gasteiger partial charge in [0.25, 0.3) is 5.91 Å². The molecule has 0 saturated carbocycles. The lowest BCUT2D eigenvalue weighted by Crippen LogP contribution is -2.43. The standard InChI is InChI=1S/C18H20F2N2O3/c1-12-2-5-17(25-12)16(22-6-8-24-9-7-22)11-21-18(23)14-4-3-13(19)10-15(14)20/h2-5,10,16H,6-9,11H2,1H3,(H,21,23). The number of hydrogen-bond acceptors (Lipinski definition) is 4. The van der Waals surface area contributed by atoms with Gasteiger partial charge >= 0.3 is 0 Å². The molecule has 0 radical (unpaired) electrons. The van der Waals surface area contributed by atoms with Crippen LogP contribution < -0.4 is 5.32 Å². The maximum atomic E-state index is 13.8. The van der Waals surface area contributed by atoms with Gasteiger partial charge in [0.2, 0.25) is 0 Å². The van der Waals surface area contributed by atoms with Crippen LogP contribution in [0.4, 0.5) is 8.78 Å². The zero-order valence-electron chi connectivity index (χ0n) is 13.9. The predicted molar refractivity (Wildman–Crippen MR) is 87.3 cm³/mol. The molecule has 1 aliphatic rings. The van der Waals surface area contributed by atoms with Crippen molar-refractivity contribution in [3.8, 4) is 0 Å². The minimum atomic E-state index is -0.880. The average molecular weight is 350 g/mol. The first-order chi connectivity index (χ1) is 12.0. The Bertz CT molecular complexity index is 742. The fourth-order valence-electron chi connectivity index (χ4n) is 2.89. The Kier molecular flexibility index (Phi) is 5.45. The fourth-order valence-corrected chi connectivity index (χ4v) is 2.89. The summed E-state index contributed by atoms with van der Waals surface area (Å²) in [7, 11) is 0. The molecule has 1 aromatic heterocycles. The highest BCUT2D eigenvalue weighted by molar-refractivity contribution is 5.94. The smallest absolute Gasteiger partial charge is 0.254 e. The quantitative estimate of drug-likeness (QED) is 0.901. The number of amides is 1. The monoisotopic (exact) mass is 350 g/mol. The lowest BCUT2D eigenvalue weighted by Gasteiger charge is -2.33. The summed E-state index contributed by atoms with van der Waals surface area (Å²) in [5.41, 5.74) is -0.183. The highest BCUT2D eigenvalue weighted by atomic mass is 19.1. The van der Waals surface area contributed by atoms with Crippen molar-refractivity contribution < 1.29 is 22.7 Å². The highest BCUT2D eigenvalue weighted by Gasteiger charge is 2.26. The van der Waals surface area contributed by atoms with E-state index >= 15 is 0 Å². The maximum absolute atomic E-state index is 13.8. The first-order valence-corrected chi connectivity index (χ1v) is 8.16. The molecule has 1 saturated heterocycles. The summed E-state index contributed by atoms with van der Waals surface area (Å²) in [4.78, 5) is 14.4. The first kappa shape index (κ1) is 17.6. The van der Waals surface area contributed by atoms with E-state index in [1.54, 1.807) is 0 Å². The van der Waals surface area contributed by atoms with Gasteiger partial charge in [-0.2, -0.15) is 0 Å². The van der Waals surface area contributed by atoms with E-state index < -0.39 is 17.5 Å². The van der Waals surface area contributed by atoms with Gasteiger partial charge in [-0.3, -0.25) is 9.69 Å². The number of aryl methyl sites for hydroxylation is 1. The van der Waals surface area contributed by atoms with Crippen LogP contribution in [0.5, 0.6) is 0 Å². The third-order valence-corrected chi connectivity index (χ3v) is 4.21. The second-order valence-electron chi connectivity index (χ2n) is 5.95. The number of carbonyl (C=O) groups is 1. The molecule has 5 nitrogen and oxygen atoms in total. The van der Waals surface area contributed by atoms with Crippen LogP contribution in [0.15, 0.2) is 34.7 Å². The lowest BCUT2D eigenvalue weighted by molar-refractivity contribution is 0.0117. The zero-order valence-corrected chi connectivity index (χ0v) is 13.9. The normalized spacial score (nSPS) is 16.6. The summed E-state index contributed by atoms with van der Waals surface area (Å²) in [6.07, 6.45) is 0. The molecular weight excluding hydrogens is 330 g/mol. The van der Waals surface area contributed by atoms with E-state index in [-0.39, 0.29) is 18.2 Å². The van der Waals surface area contributed by atoms with Gasteiger partial charge in [-0.15, -0.1) is 0 Å². The molecule has 1 fully saturated rings. The van der Waals surface area contributed by atoms with E-state index in [2.05, 4.69) is 10.2 Å². The second-order valence-corrected chi connectivity index (χ2v) is 5.95. The molecule has 25 heavy (non-hydrogen) atoms. The Balaban J connectivity index is 1.72. The Morgan fingerprint density at radius 1 is 1.24 bits per heavy atom. The molecule has 1 N–H and O–H groups in total. The molecule has 0 spiro atoms. The zero-order chi connectivity index (χ0) is 17.8. The number of furan rings is 1. The van der Waals surface area contributed by atoms with E-state index in [0.29, 0.717) is 32.4 Å². The molecular formula is C18H20F2N2O3. The molecule has 1 aromatic carbocycles. The van der Waals surface area contributed by atoms with Crippen molar-refractivity contribution in [3.05, 3.63) is 59.1 Å². The van der Waals surface area contributed by atoms with E-state index in [9.17, 15) is 13.6 Å². The van der Waals surface area contributed by atoms with Crippen molar-refractivity contribution in [1.29, 1.82) is 0 Å². The molecule has 2 aromatic rings. The molecule has 1 unspecified atom stereocenters. The fraction of sp³-hybridized carbons (Fsp3) is 0.389. The third-order valence-electron chi connectivity index (χ3n) is 4.21. The van der Waals surface area contributed by atoms with E-state index in [0.717, 1.165) is 23.7 Å². The molecule has 1 amide bonds. The van der Waals surface area contributed by atoms with Crippen molar-refractivity contribution in [2.45, 2.75) is 13.0 Å². The van der Waals surface area contributed by atoms with E-state index in [1.165, 1.54) is 0 Å². The number of nitrogens with zero attached hydrogens (tertiary/aromatic N) is 1. The molecule has 7 heteroatoms. The number of hydrogen-bond donors (Lipinski definition) is 1. The van der Waals surface area contributed by atoms with Crippen LogP contribution in [0.2, 0.25) is 0 Å². The van der Waals surface area contributed by atoms with Gasteiger partial charge < -0.3 is 14.5 Å². The molecule has 0 aliphatic carbocycles. The number of morpholine rings is 1. The van der Waals surface area contributed by atoms with Crippen LogP contribution in [-0.2, 0) is 4.74 Å². The largest absolute Gasteiger partial charge is 0.465 e. The maximum Gasteiger partial charge on any atom is 0.254 e. The number of ether oxygens (including phenoxy) is 1. The van der Waals surface area contributed by atoms with Crippen LogP contribution in [0.3, 0.4) is 0 Å². The number of carbonyl (C=O) groups excluding carboxylic acids is 1. The third kappa shape index (κ3) is 4.24. The Hall–Kier alpha value is -2.25.